The number of fused-ring (bicyclic) bond motifs is 1. The molecule has 0 spiro atoms. The van der Waals surface area contributed by atoms with E-state index in [9.17, 15) is 4.39 Å². The van der Waals surface area contributed by atoms with E-state index in [0.29, 0.717) is 19.6 Å². The first-order chi connectivity index (χ1) is 8.30. The lowest BCUT2D eigenvalue weighted by molar-refractivity contribution is 0.115. The Labute approximate surface area is 101 Å². The molecule has 3 rings (SSSR count). The van der Waals surface area contributed by atoms with Crippen LogP contribution in [0.15, 0.2) is 18.2 Å². The molecule has 0 radical (unpaired) electrons. The van der Waals surface area contributed by atoms with Gasteiger partial charge >= 0.3 is 0 Å². The molecule has 1 atom stereocenters. The highest BCUT2D eigenvalue weighted by Gasteiger charge is 2.37. The lowest BCUT2D eigenvalue weighted by atomic mass is 9.85. The van der Waals surface area contributed by atoms with Gasteiger partial charge in [0.15, 0.2) is 5.67 Å². The molecule has 92 valence electrons. The van der Waals surface area contributed by atoms with Crippen LogP contribution in [0, 0.1) is 0 Å². The summed E-state index contributed by atoms with van der Waals surface area (Å²) in [6, 6.07) is 5.90. The second kappa shape index (κ2) is 4.30. The summed E-state index contributed by atoms with van der Waals surface area (Å²) in [4.78, 5) is 0. The lowest BCUT2D eigenvalue weighted by Crippen LogP contribution is -2.40. The Hall–Kier alpha value is -1.09. The smallest absolute Gasteiger partial charge is 0.151 e. The van der Waals surface area contributed by atoms with Gasteiger partial charge in [-0.2, -0.15) is 0 Å². The number of hydrogen-bond acceptors (Lipinski definition) is 2. The summed E-state index contributed by atoms with van der Waals surface area (Å²) in [5.74, 6) is 0.810. The average Bonchev–Trinajstić information content (AvgIpc) is 2.39. The number of nitrogens with one attached hydrogen (secondary N) is 1. The van der Waals surface area contributed by atoms with Crippen LogP contribution >= 0.6 is 0 Å². The van der Waals surface area contributed by atoms with Gasteiger partial charge in [0.2, 0.25) is 0 Å². The summed E-state index contributed by atoms with van der Waals surface area (Å²) in [6.07, 6.45) is 3.53. The molecule has 2 aliphatic heterocycles. The van der Waals surface area contributed by atoms with E-state index in [4.69, 9.17) is 4.74 Å². The van der Waals surface area contributed by atoms with Crippen molar-refractivity contribution >= 4 is 0 Å². The van der Waals surface area contributed by atoms with Gasteiger partial charge in [0, 0.05) is 12.1 Å². The minimum absolute atomic E-state index is 0.410. The highest BCUT2D eigenvalue weighted by atomic mass is 19.1. The van der Waals surface area contributed by atoms with E-state index in [-0.39, 0.29) is 0 Å². The molecule has 0 saturated carbocycles. The SMILES string of the molecule is FC1(c2cccc3c2OCCC3)CCCNC1. The van der Waals surface area contributed by atoms with Crippen LogP contribution in [0.2, 0.25) is 0 Å². The first-order valence-electron chi connectivity index (χ1n) is 6.44. The summed E-state index contributed by atoms with van der Waals surface area (Å²) in [7, 11) is 0. The molecule has 17 heavy (non-hydrogen) atoms. The number of halogens is 1. The minimum atomic E-state index is -1.25. The number of alkyl halides is 1. The summed E-state index contributed by atoms with van der Waals surface area (Å²) in [6.45, 7) is 2.04. The first-order valence-corrected chi connectivity index (χ1v) is 6.44. The molecule has 1 aromatic carbocycles. The normalized spacial score (nSPS) is 28.3. The van der Waals surface area contributed by atoms with Gasteiger partial charge < -0.3 is 10.1 Å². The predicted molar refractivity (Wildman–Crippen MR) is 65.1 cm³/mol. The Morgan fingerprint density at radius 2 is 2.24 bits per heavy atom. The van der Waals surface area contributed by atoms with Gasteiger partial charge in [-0.05, 0) is 37.8 Å². The lowest BCUT2D eigenvalue weighted by Gasteiger charge is -2.33. The first kappa shape index (κ1) is 11.0. The fourth-order valence-electron chi connectivity index (χ4n) is 2.84. The standard InChI is InChI=1S/C14H18FNO/c15-14(7-3-8-16-10-14)12-6-1-4-11-5-2-9-17-13(11)12/h1,4,6,16H,2-3,5,7-10H2. The number of piperidine rings is 1. The second-order valence-electron chi connectivity index (χ2n) is 4.99. The van der Waals surface area contributed by atoms with E-state index in [2.05, 4.69) is 11.4 Å². The molecule has 0 aliphatic carbocycles. The van der Waals surface area contributed by atoms with Crippen molar-refractivity contribution in [2.75, 3.05) is 19.7 Å². The van der Waals surface area contributed by atoms with Crippen molar-refractivity contribution in [3.05, 3.63) is 29.3 Å². The quantitative estimate of drug-likeness (QED) is 0.807. The summed E-state index contributed by atoms with van der Waals surface area (Å²) < 4.78 is 20.7. The van der Waals surface area contributed by atoms with E-state index in [0.717, 1.165) is 42.7 Å². The maximum atomic E-state index is 15.0. The van der Waals surface area contributed by atoms with Gasteiger partial charge in [-0.15, -0.1) is 0 Å². The van der Waals surface area contributed by atoms with Crippen LogP contribution in [0.25, 0.3) is 0 Å². The molecule has 1 N–H and O–H groups in total. The van der Waals surface area contributed by atoms with Crippen molar-refractivity contribution < 1.29 is 9.13 Å². The Morgan fingerprint density at radius 3 is 3.06 bits per heavy atom. The van der Waals surface area contributed by atoms with Crippen LogP contribution in [-0.4, -0.2) is 19.7 Å². The van der Waals surface area contributed by atoms with Gasteiger partial charge in [-0.25, -0.2) is 4.39 Å². The van der Waals surface area contributed by atoms with Crippen LogP contribution in [0.3, 0.4) is 0 Å². The average molecular weight is 235 g/mol. The van der Waals surface area contributed by atoms with E-state index in [1.807, 2.05) is 12.1 Å². The van der Waals surface area contributed by atoms with Crippen molar-refractivity contribution in [2.45, 2.75) is 31.4 Å². The van der Waals surface area contributed by atoms with E-state index in [1.165, 1.54) is 0 Å². The number of ether oxygens (including phenoxy) is 1. The topological polar surface area (TPSA) is 21.3 Å². The Balaban J connectivity index is 2.01. The van der Waals surface area contributed by atoms with Crippen LogP contribution in [0.5, 0.6) is 5.75 Å². The zero-order chi connectivity index (χ0) is 11.7. The molecule has 1 unspecified atom stereocenters. The van der Waals surface area contributed by atoms with E-state index >= 15 is 0 Å². The van der Waals surface area contributed by atoms with Crippen LogP contribution in [0.4, 0.5) is 4.39 Å². The fraction of sp³-hybridized carbons (Fsp3) is 0.571. The van der Waals surface area contributed by atoms with E-state index in [1.54, 1.807) is 0 Å². The van der Waals surface area contributed by atoms with Crippen LogP contribution in [0.1, 0.15) is 30.4 Å². The molecule has 2 heterocycles. The highest BCUT2D eigenvalue weighted by molar-refractivity contribution is 5.46. The van der Waals surface area contributed by atoms with Crippen LogP contribution in [-0.2, 0) is 12.1 Å². The Bertz CT molecular complexity index is 413. The van der Waals surface area contributed by atoms with Gasteiger partial charge in [-0.3, -0.25) is 0 Å². The molecule has 0 bridgehead atoms. The van der Waals surface area contributed by atoms with Crippen molar-refractivity contribution in [2.24, 2.45) is 0 Å². The Morgan fingerprint density at radius 1 is 1.29 bits per heavy atom. The zero-order valence-corrected chi connectivity index (χ0v) is 9.97. The monoisotopic (exact) mass is 235 g/mol. The van der Waals surface area contributed by atoms with Gasteiger partial charge in [-0.1, -0.05) is 18.2 Å². The molecule has 2 aliphatic rings. The zero-order valence-electron chi connectivity index (χ0n) is 9.97. The summed E-state index contributed by atoms with van der Waals surface area (Å²) in [5, 5.41) is 3.15. The van der Waals surface area contributed by atoms with Crippen molar-refractivity contribution in [1.82, 2.24) is 5.32 Å². The third kappa shape index (κ3) is 1.93. The molecular weight excluding hydrogens is 217 g/mol. The molecular formula is C14H18FNO. The number of rotatable bonds is 1. The molecule has 0 aromatic heterocycles. The molecule has 1 saturated heterocycles. The van der Waals surface area contributed by atoms with Crippen molar-refractivity contribution in [1.29, 1.82) is 0 Å². The third-order valence-corrected chi connectivity index (χ3v) is 3.75. The third-order valence-electron chi connectivity index (χ3n) is 3.75. The molecule has 0 amide bonds. The van der Waals surface area contributed by atoms with Crippen molar-refractivity contribution in [3.63, 3.8) is 0 Å². The van der Waals surface area contributed by atoms with Gasteiger partial charge in [0.25, 0.3) is 0 Å². The van der Waals surface area contributed by atoms with Crippen molar-refractivity contribution in [3.8, 4) is 5.75 Å². The second-order valence-corrected chi connectivity index (χ2v) is 4.99. The van der Waals surface area contributed by atoms with Crippen LogP contribution < -0.4 is 10.1 Å². The number of para-hydroxylation sites is 1. The molecule has 1 aromatic rings. The van der Waals surface area contributed by atoms with Gasteiger partial charge in [0.1, 0.15) is 5.75 Å². The fourth-order valence-corrected chi connectivity index (χ4v) is 2.84. The summed E-state index contributed by atoms with van der Waals surface area (Å²) in [5.41, 5.74) is 0.666. The number of benzene rings is 1. The summed E-state index contributed by atoms with van der Waals surface area (Å²) >= 11 is 0. The molecule has 1 fully saturated rings. The Kier molecular flexibility index (Phi) is 2.79. The highest BCUT2D eigenvalue weighted by Crippen LogP contribution is 2.41. The molecule has 2 nitrogen and oxygen atoms in total. The minimum Gasteiger partial charge on any atom is -0.493 e. The number of aryl methyl sites for hydroxylation is 1. The van der Waals surface area contributed by atoms with E-state index < -0.39 is 5.67 Å². The number of hydrogen-bond donors (Lipinski definition) is 1. The van der Waals surface area contributed by atoms with Gasteiger partial charge in [0.05, 0.1) is 6.61 Å². The largest absolute Gasteiger partial charge is 0.493 e. The molecule has 3 heteroatoms. The maximum Gasteiger partial charge on any atom is 0.151 e. The predicted octanol–water partition coefficient (Wildman–Crippen LogP) is 2.56. The maximum absolute atomic E-state index is 15.0.